The standard InChI is InChI=1S/C24H28F2N8O3S2/c1-13(2)23(35)33-8-7-32(11-14(33)3)17-9-15(39(36,37)31-24(4)5-6-24)12-34-18(17)16(10-27)28-20(34)22-30-29-21(38-22)19(25)26/h9,12-14,19,31H,5-8,11H2,1-4H3/t14-/m1/s1. The fourth-order valence-electron chi connectivity index (χ4n) is 4.71. The van der Waals surface area contributed by atoms with Crippen molar-refractivity contribution < 1.29 is 22.0 Å². The Labute approximate surface area is 228 Å². The molecule has 0 aromatic carbocycles. The minimum Gasteiger partial charge on any atom is -0.366 e. The maximum atomic E-state index is 13.5. The third-order valence-electron chi connectivity index (χ3n) is 7.05. The lowest BCUT2D eigenvalue weighted by atomic mass is 10.1. The number of aromatic nitrogens is 4. The summed E-state index contributed by atoms with van der Waals surface area (Å²) in [5.41, 5.74) is 0.227. The zero-order chi connectivity index (χ0) is 28.3. The lowest BCUT2D eigenvalue weighted by molar-refractivity contribution is -0.136. The number of pyridine rings is 1. The van der Waals surface area contributed by atoms with Crippen molar-refractivity contribution in [1.29, 1.82) is 5.26 Å². The Morgan fingerprint density at radius 3 is 2.56 bits per heavy atom. The molecule has 3 aromatic heterocycles. The Balaban J connectivity index is 1.67. The second kappa shape index (κ2) is 9.76. The summed E-state index contributed by atoms with van der Waals surface area (Å²) in [7, 11) is -3.99. The van der Waals surface area contributed by atoms with E-state index in [1.54, 1.807) is 4.90 Å². The first kappa shape index (κ1) is 27.4. The first-order chi connectivity index (χ1) is 18.3. The summed E-state index contributed by atoms with van der Waals surface area (Å²) in [6, 6.07) is 3.38. The molecule has 0 bridgehead atoms. The van der Waals surface area contributed by atoms with Crippen LogP contribution in [0.1, 0.15) is 57.7 Å². The summed E-state index contributed by atoms with van der Waals surface area (Å²) >= 11 is 0.626. The Morgan fingerprint density at radius 2 is 2.00 bits per heavy atom. The molecule has 208 valence electrons. The van der Waals surface area contributed by atoms with Gasteiger partial charge in [0.05, 0.1) is 5.69 Å². The van der Waals surface area contributed by atoms with Crippen molar-refractivity contribution in [2.24, 2.45) is 5.92 Å². The molecular formula is C24H28F2N8O3S2. The van der Waals surface area contributed by atoms with Crippen LogP contribution in [0.5, 0.6) is 0 Å². The lowest BCUT2D eigenvalue weighted by Gasteiger charge is -2.42. The predicted molar refractivity (Wildman–Crippen MR) is 140 cm³/mol. The molecule has 3 aromatic rings. The molecule has 39 heavy (non-hydrogen) atoms. The first-order valence-electron chi connectivity index (χ1n) is 12.5. The number of halogens is 2. The smallest absolute Gasteiger partial charge is 0.291 e. The number of fused-ring (bicyclic) bond motifs is 1. The summed E-state index contributed by atoms with van der Waals surface area (Å²) < 4.78 is 57.6. The van der Waals surface area contributed by atoms with Crippen molar-refractivity contribution in [1.82, 2.24) is 29.2 Å². The topological polar surface area (TPSA) is 137 Å². The molecule has 0 unspecified atom stereocenters. The number of carbonyl (C=O) groups is 1. The molecule has 1 amide bonds. The van der Waals surface area contributed by atoms with E-state index in [1.165, 1.54) is 16.7 Å². The SMILES string of the molecule is CC(C)C(=O)N1CCN(c2cc(S(=O)(=O)NC3(C)CC3)cn3c(-c4nnc(C(F)F)s4)nc(C#N)c23)C[C@H]1C. The van der Waals surface area contributed by atoms with E-state index in [1.807, 2.05) is 38.7 Å². The van der Waals surface area contributed by atoms with E-state index >= 15 is 0 Å². The summed E-state index contributed by atoms with van der Waals surface area (Å²) in [5, 5.41) is 16.8. The van der Waals surface area contributed by atoms with Crippen molar-refractivity contribution in [3.63, 3.8) is 0 Å². The highest BCUT2D eigenvalue weighted by molar-refractivity contribution is 7.89. The van der Waals surface area contributed by atoms with Crippen LogP contribution in [0.25, 0.3) is 16.3 Å². The van der Waals surface area contributed by atoms with Gasteiger partial charge in [-0.25, -0.2) is 26.9 Å². The average Bonchev–Trinajstić information content (AvgIpc) is 3.27. The highest BCUT2D eigenvalue weighted by Gasteiger charge is 2.42. The fourth-order valence-corrected chi connectivity index (χ4v) is 6.88. The van der Waals surface area contributed by atoms with Crippen LogP contribution in [0.2, 0.25) is 0 Å². The monoisotopic (exact) mass is 578 g/mol. The summed E-state index contributed by atoms with van der Waals surface area (Å²) in [6.45, 7) is 8.61. The first-order valence-corrected chi connectivity index (χ1v) is 14.8. The molecule has 0 spiro atoms. The van der Waals surface area contributed by atoms with Gasteiger partial charge in [0.2, 0.25) is 15.9 Å². The van der Waals surface area contributed by atoms with Crippen LogP contribution in [0.3, 0.4) is 0 Å². The Kier molecular flexibility index (Phi) is 6.84. The molecule has 11 nitrogen and oxygen atoms in total. The van der Waals surface area contributed by atoms with Gasteiger partial charge in [-0.05, 0) is 32.8 Å². The predicted octanol–water partition coefficient (Wildman–Crippen LogP) is 3.19. The van der Waals surface area contributed by atoms with Gasteiger partial charge in [-0.1, -0.05) is 25.2 Å². The molecule has 5 rings (SSSR count). The van der Waals surface area contributed by atoms with Gasteiger partial charge in [0.15, 0.2) is 21.5 Å². The van der Waals surface area contributed by atoms with Gasteiger partial charge >= 0.3 is 0 Å². The van der Waals surface area contributed by atoms with Gasteiger partial charge in [-0.3, -0.25) is 9.20 Å². The summed E-state index contributed by atoms with van der Waals surface area (Å²) in [5.74, 6) is -0.0915. The second-order valence-corrected chi connectivity index (χ2v) is 13.3. The van der Waals surface area contributed by atoms with Gasteiger partial charge in [-0.2, -0.15) is 5.26 Å². The molecule has 1 saturated carbocycles. The van der Waals surface area contributed by atoms with Gasteiger partial charge < -0.3 is 9.80 Å². The quantitative estimate of drug-likeness (QED) is 0.452. The van der Waals surface area contributed by atoms with Crippen LogP contribution in [-0.2, 0) is 14.8 Å². The largest absolute Gasteiger partial charge is 0.366 e. The van der Waals surface area contributed by atoms with Gasteiger partial charge in [-0.15, -0.1) is 10.2 Å². The van der Waals surface area contributed by atoms with E-state index in [2.05, 4.69) is 19.9 Å². The Morgan fingerprint density at radius 1 is 1.28 bits per heavy atom. The third kappa shape index (κ3) is 5.08. The summed E-state index contributed by atoms with van der Waals surface area (Å²) in [4.78, 5) is 20.7. The Bertz CT molecular complexity index is 1590. The highest BCUT2D eigenvalue weighted by Crippen LogP contribution is 2.38. The summed E-state index contributed by atoms with van der Waals surface area (Å²) in [6.07, 6.45) is -0.0810. The number of imidazole rings is 1. The molecule has 1 saturated heterocycles. The van der Waals surface area contributed by atoms with E-state index in [4.69, 9.17) is 0 Å². The van der Waals surface area contributed by atoms with Crippen LogP contribution >= 0.6 is 11.3 Å². The van der Waals surface area contributed by atoms with Gasteiger partial charge in [0, 0.05) is 43.3 Å². The van der Waals surface area contributed by atoms with Crippen LogP contribution in [-0.4, -0.2) is 70.0 Å². The lowest BCUT2D eigenvalue weighted by Crippen LogP contribution is -2.55. The average molecular weight is 579 g/mol. The number of amides is 1. The van der Waals surface area contributed by atoms with Crippen molar-refractivity contribution >= 4 is 38.5 Å². The number of sulfonamides is 1. The van der Waals surface area contributed by atoms with Gasteiger partial charge in [0.1, 0.15) is 16.5 Å². The molecule has 1 N–H and O–H groups in total. The van der Waals surface area contributed by atoms with E-state index in [-0.39, 0.29) is 39.3 Å². The molecule has 15 heteroatoms. The number of rotatable bonds is 7. The molecular weight excluding hydrogens is 550 g/mol. The fraction of sp³-hybridized carbons (Fsp3) is 0.542. The number of carbonyl (C=O) groups excluding carboxylic acids is 1. The molecule has 2 fully saturated rings. The van der Waals surface area contributed by atoms with Crippen LogP contribution in [0.4, 0.5) is 14.5 Å². The number of hydrogen-bond donors (Lipinski definition) is 1. The van der Waals surface area contributed by atoms with E-state index in [0.29, 0.717) is 55.0 Å². The zero-order valence-electron chi connectivity index (χ0n) is 21.8. The van der Waals surface area contributed by atoms with Crippen molar-refractivity contribution in [3.8, 4) is 16.9 Å². The number of nitriles is 1. The molecule has 1 atom stereocenters. The normalized spacial score (nSPS) is 19.2. The number of hydrogen-bond acceptors (Lipinski definition) is 9. The number of piperazine rings is 1. The van der Waals surface area contributed by atoms with E-state index in [0.717, 1.165) is 0 Å². The number of nitrogens with zero attached hydrogens (tertiary/aromatic N) is 7. The minimum atomic E-state index is -3.99. The molecule has 1 aliphatic heterocycles. The van der Waals surface area contributed by atoms with E-state index in [9.17, 15) is 27.3 Å². The minimum absolute atomic E-state index is 0.00630. The molecule has 0 radical (unpaired) electrons. The molecule has 4 heterocycles. The molecule has 1 aliphatic carbocycles. The molecule has 2 aliphatic rings. The van der Waals surface area contributed by atoms with Gasteiger partial charge in [0.25, 0.3) is 6.43 Å². The zero-order valence-corrected chi connectivity index (χ0v) is 23.5. The maximum Gasteiger partial charge on any atom is 0.291 e. The maximum absolute atomic E-state index is 13.5. The van der Waals surface area contributed by atoms with Crippen LogP contribution in [0, 0.1) is 17.2 Å². The van der Waals surface area contributed by atoms with E-state index < -0.39 is 27.0 Å². The number of nitrogens with one attached hydrogen (secondary N) is 1. The second-order valence-electron chi connectivity index (χ2n) is 10.6. The third-order valence-corrected chi connectivity index (χ3v) is 9.58. The van der Waals surface area contributed by atoms with Crippen molar-refractivity contribution in [3.05, 3.63) is 23.0 Å². The van der Waals surface area contributed by atoms with Crippen LogP contribution in [0.15, 0.2) is 17.2 Å². The van der Waals surface area contributed by atoms with Crippen LogP contribution < -0.4 is 9.62 Å². The van der Waals surface area contributed by atoms with Crippen molar-refractivity contribution in [2.75, 3.05) is 24.5 Å². The highest BCUT2D eigenvalue weighted by atomic mass is 32.2. The Hall–Kier alpha value is -3.22. The van der Waals surface area contributed by atoms with Crippen molar-refractivity contribution in [2.45, 2.75) is 63.4 Å². The number of anilines is 1. The number of alkyl halides is 2.